The average molecular weight is 367 g/mol. The van der Waals surface area contributed by atoms with Crippen molar-refractivity contribution in [3.63, 3.8) is 0 Å². The zero-order valence-corrected chi connectivity index (χ0v) is 15.1. The Hall–Kier alpha value is -2.50. The van der Waals surface area contributed by atoms with Gasteiger partial charge in [0.2, 0.25) is 0 Å². The fourth-order valence-corrected chi connectivity index (χ4v) is 3.58. The molecule has 1 fully saturated rings. The average Bonchev–Trinajstić information content (AvgIpc) is 3.19. The van der Waals surface area contributed by atoms with Gasteiger partial charge in [0.1, 0.15) is 11.4 Å². The number of nitrogens with zero attached hydrogens (tertiary/aromatic N) is 1. The third kappa shape index (κ3) is 4.26. The molecule has 1 aromatic heterocycles. The zero-order chi connectivity index (χ0) is 18.6. The quantitative estimate of drug-likeness (QED) is 0.657. The Morgan fingerprint density at radius 1 is 1.07 bits per heavy atom. The van der Waals surface area contributed by atoms with Crippen LogP contribution in [0.15, 0.2) is 64.0 Å². The van der Waals surface area contributed by atoms with E-state index < -0.39 is 0 Å². The summed E-state index contributed by atoms with van der Waals surface area (Å²) >= 11 is 0. The molecular weight excluding hydrogens is 345 g/mol. The van der Waals surface area contributed by atoms with Crippen LogP contribution in [0.3, 0.4) is 0 Å². The number of hydrogen-bond acceptors (Lipinski definition) is 4. The maximum absolute atomic E-state index is 13.2. The van der Waals surface area contributed by atoms with Gasteiger partial charge in [-0.1, -0.05) is 24.3 Å². The van der Waals surface area contributed by atoms with Crippen molar-refractivity contribution in [1.29, 1.82) is 0 Å². The topological polar surface area (TPSA) is 42.7 Å². The Labute approximate surface area is 157 Å². The van der Waals surface area contributed by atoms with E-state index in [4.69, 9.17) is 9.15 Å². The molecule has 0 amide bonds. The van der Waals surface area contributed by atoms with E-state index in [0.29, 0.717) is 29.6 Å². The lowest BCUT2D eigenvalue weighted by atomic mass is 10.1. The molecule has 0 bridgehead atoms. The van der Waals surface area contributed by atoms with E-state index >= 15 is 0 Å². The minimum absolute atomic E-state index is 0.00621. The number of ether oxygens (including phenoxy) is 1. The van der Waals surface area contributed by atoms with Crippen LogP contribution in [0.2, 0.25) is 0 Å². The number of para-hydroxylation sites is 1. The van der Waals surface area contributed by atoms with E-state index in [0.717, 1.165) is 31.6 Å². The van der Waals surface area contributed by atoms with Crippen LogP contribution < -0.4 is 5.43 Å². The van der Waals surface area contributed by atoms with Crippen molar-refractivity contribution in [3.05, 3.63) is 82.0 Å². The molecule has 0 unspecified atom stereocenters. The van der Waals surface area contributed by atoms with Crippen molar-refractivity contribution in [2.45, 2.75) is 32.0 Å². The summed E-state index contributed by atoms with van der Waals surface area (Å²) in [4.78, 5) is 15.0. The smallest absolute Gasteiger partial charge is 0.197 e. The third-order valence-electron chi connectivity index (χ3n) is 4.95. The van der Waals surface area contributed by atoms with Gasteiger partial charge < -0.3 is 9.15 Å². The first-order chi connectivity index (χ1) is 13.2. The standard InChI is InChI=1S/C22H22FNO3/c23-18-9-7-16(8-10-18)12-24(14-19-4-3-11-26-19)13-17-15-27-21-6-2-1-5-20(21)22(17)25/h1-2,5-10,15,19H,3-4,11-14H2/t19-/m1/s1. The molecule has 5 heteroatoms. The molecule has 0 saturated carbocycles. The molecule has 4 rings (SSSR count). The van der Waals surface area contributed by atoms with Crippen molar-refractivity contribution < 1.29 is 13.5 Å². The minimum atomic E-state index is -0.250. The summed E-state index contributed by atoms with van der Waals surface area (Å²) in [6.07, 6.45) is 3.80. The Kier molecular flexibility index (Phi) is 5.32. The maximum atomic E-state index is 13.2. The molecule has 0 aliphatic carbocycles. The fraction of sp³-hybridized carbons (Fsp3) is 0.318. The minimum Gasteiger partial charge on any atom is -0.464 e. The van der Waals surface area contributed by atoms with E-state index in [1.54, 1.807) is 30.5 Å². The zero-order valence-electron chi connectivity index (χ0n) is 15.1. The van der Waals surface area contributed by atoms with Crippen LogP contribution in [0.4, 0.5) is 4.39 Å². The summed E-state index contributed by atoms with van der Waals surface area (Å²) in [6, 6.07) is 13.8. The number of hydrogen-bond donors (Lipinski definition) is 0. The molecule has 3 aromatic rings. The first kappa shape index (κ1) is 17.9. The monoisotopic (exact) mass is 367 g/mol. The Bertz CT molecular complexity index is 961. The van der Waals surface area contributed by atoms with Gasteiger partial charge in [-0.3, -0.25) is 9.69 Å². The van der Waals surface area contributed by atoms with Crippen molar-refractivity contribution in [2.24, 2.45) is 0 Å². The molecule has 4 nitrogen and oxygen atoms in total. The number of halogens is 1. The van der Waals surface area contributed by atoms with Crippen molar-refractivity contribution in [1.82, 2.24) is 4.90 Å². The van der Waals surface area contributed by atoms with Crippen LogP contribution in [0.1, 0.15) is 24.0 Å². The molecule has 140 valence electrons. The number of rotatable bonds is 6. The highest BCUT2D eigenvalue weighted by Crippen LogP contribution is 2.18. The molecule has 2 heterocycles. The second-order valence-corrected chi connectivity index (χ2v) is 7.02. The summed E-state index contributed by atoms with van der Waals surface area (Å²) in [5.74, 6) is -0.250. The van der Waals surface area contributed by atoms with E-state index in [1.807, 2.05) is 12.1 Å². The summed E-state index contributed by atoms with van der Waals surface area (Å²) in [5, 5.41) is 0.592. The van der Waals surface area contributed by atoms with E-state index in [-0.39, 0.29) is 17.3 Å². The van der Waals surface area contributed by atoms with Gasteiger partial charge in [-0.2, -0.15) is 0 Å². The van der Waals surface area contributed by atoms with Crippen LogP contribution in [0.25, 0.3) is 11.0 Å². The van der Waals surface area contributed by atoms with Gasteiger partial charge in [0.25, 0.3) is 0 Å². The lowest BCUT2D eigenvalue weighted by molar-refractivity contribution is 0.0676. The highest BCUT2D eigenvalue weighted by Gasteiger charge is 2.21. The molecule has 0 spiro atoms. The molecule has 0 N–H and O–H groups in total. The van der Waals surface area contributed by atoms with E-state index in [1.165, 1.54) is 12.1 Å². The normalized spacial score (nSPS) is 17.0. The lowest BCUT2D eigenvalue weighted by Crippen LogP contribution is -2.33. The van der Waals surface area contributed by atoms with Gasteiger partial charge in [0, 0.05) is 31.8 Å². The fourth-order valence-electron chi connectivity index (χ4n) is 3.58. The highest BCUT2D eigenvalue weighted by molar-refractivity contribution is 5.76. The van der Waals surface area contributed by atoms with Crippen LogP contribution in [0, 0.1) is 5.82 Å². The summed E-state index contributed by atoms with van der Waals surface area (Å²) in [6.45, 7) is 2.59. The van der Waals surface area contributed by atoms with Crippen LogP contribution in [-0.2, 0) is 17.8 Å². The Morgan fingerprint density at radius 3 is 2.67 bits per heavy atom. The first-order valence-electron chi connectivity index (χ1n) is 9.27. The van der Waals surface area contributed by atoms with Gasteiger partial charge >= 0.3 is 0 Å². The van der Waals surface area contributed by atoms with E-state index in [2.05, 4.69) is 4.90 Å². The maximum Gasteiger partial charge on any atom is 0.197 e. The van der Waals surface area contributed by atoms with Gasteiger partial charge in [0.15, 0.2) is 5.43 Å². The van der Waals surface area contributed by atoms with Gasteiger partial charge in [-0.15, -0.1) is 0 Å². The van der Waals surface area contributed by atoms with Crippen LogP contribution in [-0.4, -0.2) is 24.2 Å². The van der Waals surface area contributed by atoms with Gasteiger partial charge in [-0.25, -0.2) is 4.39 Å². The van der Waals surface area contributed by atoms with Crippen LogP contribution >= 0.6 is 0 Å². The van der Waals surface area contributed by atoms with Crippen molar-refractivity contribution in [2.75, 3.05) is 13.2 Å². The molecule has 27 heavy (non-hydrogen) atoms. The number of fused-ring (bicyclic) bond motifs is 1. The Balaban J connectivity index is 1.58. The van der Waals surface area contributed by atoms with Crippen molar-refractivity contribution >= 4 is 11.0 Å². The predicted molar refractivity (Wildman–Crippen MR) is 102 cm³/mol. The molecule has 1 aliphatic rings. The molecule has 1 atom stereocenters. The predicted octanol–water partition coefficient (Wildman–Crippen LogP) is 4.11. The SMILES string of the molecule is O=c1c(CN(Cc2ccc(F)cc2)C[C@H]2CCCO2)coc2ccccc12. The molecule has 2 aromatic carbocycles. The lowest BCUT2D eigenvalue weighted by Gasteiger charge is -2.25. The van der Waals surface area contributed by atoms with Gasteiger partial charge in [0.05, 0.1) is 17.8 Å². The number of benzene rings is 2. The summed E-state index contributed by atoms with van der Waals surface area (Å²) in [7, 11) is 0. The molecule has 0 radical (unpaired) electrons. The highest BCUT2D eigenvalue weighted by atomic mass is 19.1. The van der Waals surface area contributed by atoms with Crippen molar-refractivity contribution in [3.8, 4) is 0 Å². The Morgan fingerprint density at radius 2 is 1.89 bits per heavy atom. The largest absolute Gasteiger partial charge is 0.464 e. The molecule has 1 aliphatic heterocycles. The second kappa shape index (κ2) is 8.03. The van der Waals surface area contributed by atoms with Crippen LogP contribution in [0.5, 0.6) is 0 Å². The summed E-state index contributed by atoms with van der Waals surface area (Å²) in [5.41, 5.74) is 2.21. The third-order valence-corrected chi connectivity index (χ3v) is 4.95. The van der Waals surface area contributed by atoms with E-state index in [9.17, 15) is 9.18 Å². The molecular formula is C22H22FNO3. The summed E-state index contributed by atoms with van der Waals surface area (Å²) < 4.78 is 24.6. The van der Waals surface area contributed by atoms with Gasteiger partial charge in [-0.05, 0) is 42.7 Å². The molecule has 1 saturated heterocycles. The second-order valence-electron chi connectivity index (χ2n) is 7.02. The first-order valence-corrected chi connectivity index (χ1v) is 9.27.